The summed E-state index contributed by atoms with van der Waals surface area (Å²) in [6, 6.07) is 0.511. The van der Waals surface area contributed by atoms with Crippen molar-refractivity contribution >= 4 is 16.9 Å². The van der Waals surface area contributed by atoms with Crippen molar-refractivity contribution in [1.29, 1.82) is 0 Å². The van der Waals surface area contributed by atoms with Crippen LogP contribution in [-0.2, 0) is 0 Å². The van der Waals surface area contributed by atoms with Crippen LogP contribution < -0.4 is 5.32 Å². The van der Waals surface area contributed by atoms with Crippen molar-refractivity contribution in [2.45, 2.75) is 38.5 Å². The van der Waals surface area contributed by atoms with Gasteiger partial charge in [-0.25, -0.2) is 0 Å². The molecular formula is C8H16N2S. The Bertz CT molecular complexity index is 154. The molecule has 11 heavy (non-hydrogen) atoms. The molecule has 0 saturated heterocycles. The fourth-order valence-corrected chi connectivity index (χ4v) is 2.04. The lowest BCUT2D eigenvalue weighted by Gasteiger charge is -2.09. The van der Waals surface area contributed by atoms with E-state index in [0.717, 1.165) is 17.0 Å². The molecule has 0 saturated carbocycles. The predicted octanol–water partition coefficient (Wildman–Crippen LogP) is 1.87. The molecule has 0 aliphatic carbocycles. The molecule has 1 rings (SSSR count). The predicted molar refractivity (Wildman–Crippen MR) is 52.2 cm³/mol. The van der Waals surface area contributed by atoms with Gasteiger partial charge in [0.25, 0.3) is 0 Å². The minimum absolute atomic E-state index is 0.511. The molecule has 0 aromatic heterocycles. The highest BCUT2D eigenvalue weighted by Crippen LogP contribution is 2.21. The maximum Gasteiger partial charge on any atom is 0.157 e. The number of amidine groups is 1. The van der Waals surface area contributed by atoms with E-state index in [1.807, 2.05) is 11.8 Å². The van der Waals surface area contributed by atoms with E-state index in [9.17, 15) is 0 Å². The lowest BCUT2D eigenvalue weighted by Crippen LogP contribution is -2.27. The second kappa shape index (κ2) is 4.00. The van der Waals surface area contributed by atoms with E-state index in [4.69, 9.17) is 0 Å². The number of hydrogen-bond acceptors (Lipinski definition) is 3. The van der Waals surface area contributed by atoms with Crippen molar-refractivity contribution in [3.8, 4) is 0 Å². The molecule has 64 valence electrons. The SMILES string of the molecule is CCC1CN=C(NC(C)C)S1. The van der Waals surface area contributed by atoms with Crippen molar-refractivity contribution in [3.63, 3.8) is 0 Å². The van der Waals surface area contributed by atoms with Crippen molar-refractivity contribution in [2.75, 3.05) is 6.54 Å². The summed E-state index contributed by atoms with van der Waals surface area (Å²) in [6.07, 6.45) is 1.22. The minimum atomic E-state index is 0.511. The van der Waals surface area contributed by atoms with Gasteiger partial charge in [-0.3, -0.25) is 4.99 Å². The topological polar surface area (TPSA) is 24.4 Å². The van der Waals surface area contributed by atoms with Crippen molar-refractivity contribution in [2.24, 2.45) is 4.99 Å². The zero-order valence-electron chi connectivity index (χ0n) is 7.42. The second-order valence-corrected chi connectivity index (χ2v) is 4.38. The molecule has 0 aromatic carbocycles. The molecule has 1 atom stereocenters. The Kier molecular flexibility index (Phi) is 3.24. The quantitative estimate of drug-likeness (QED) is 0.687. The monoisotopic (exact) mass is 172 g/mol. The second-order valence-electron chi connectivity index (χ2n) is 3.09. The number of aliphatic imine (C=N–C) groups is 1. The zero-order chi connectivity index (χ0) is 8.27. The first kappa shape index (κ1) is 8.91. The van der Waals surface area contributed by atoms with Gasteiger partial charge in [0.1, 0.15) is 0 Å². The molecule has 1 aliphatic rings. The molecule has 0 radical (unpaired) electrons. The lowest BCUT2D eigenvalue weighted by molar-refractivity contribution is 0.738. The Labute approximate surface area is 72.9 Å². The van der Waals surface area contributed by atoms with Crippen LogP contribution in [-0.4, -0.2) is 23.0 Å². The molecular weight excluding hydrogens is 156 g/mol. The van der Waals surface area contributed by atoms with Gasteiger partial charge in [-0.05, 0) is 20.3 Å². The third-order valence-corrected chi connectivity index (χ3v) is 2.87. The fourth-order valence-electron chi connectivity index (χ4n) is 0.956. The number of rotatable bonds is 2. The summed E-state index contributed by atoms with van der Waals surface area (Å²) in [5, 5.41) is 5.17. The standard InChI is InChI=1S/C8H16N2S/c1-4-7-5-9-8(11-7)10-6(2)3/h6-7H,4-5H2,1-3H3,(H,9,10). The number of nitrogens with zero attached hydrogens (tertiary/aromatic N) is 1. The molecule has 1 unspecified atom stereocenters. The normalized spacial score (nSPS) is 24.0. The number of hydrogen-bond donors (Lipinski definition) is 1. The van der Waals surface area contributed by atoms with E-state index >= 15 is 0 Å². The summed E-state index contributed by atoms with van der Waals surface area (Å²) in [5.41, 5.74) is 0. The van der Waals surface area contributed by atoms with Crippen LogP contribution in [0.1, 0.15) is 27.2 Å². The first-order valence-electron chi connectivity index (χ1n) is 4.20. The fraction of sp³-hybridized carbons (Fsp3) is 0.875. The Morgan fingerprint density at radius 2 is 2.45 bits per heavy atom. The van der Waals surface area contributed by atoms with Crippen molar-refractivity contribution in [1.82, 2.24) is 5.32 Å². The maximum atomic E-state index is 4.40. The van der Waals surface area contributed by atoms with Gasteiger partial charge in [0, 0.05) is 11.3 Å². The van der Waals surface area contributed by atoms with Crippen LogP contribution in [0.5, 0.6) is 0 Å². The minimum Gasteiger partial charge on any atom is -0.363 e. The van der Waals surface area contributed by atoms with Gasteiger partial charge in [-0.2, -0.15) is 0 Å². The Morgan fingerprint density at radius 3 is 2.91 bits per heavy atom. The largest absolute Gasteiger partial charge is 0.363 e. The average molecular weight is 172 g/mol. The summed E-state index contributed by atoms with van der Waals surface area (Å²) in [6.45, 7) is 7.49. The van der Waals surface area contributed by atoms with Gasteiger partial charge < -0.3 is 5.32 Å². The molecule has 1 N–H and O–H groups in total. The molecule has 0 bridgehead atoms. The summed E-state index contributed by atoms with van der Waals surface area (Å²) >= 11 is 1.88. The molecule has 1 aliphatic heterocycles. The molecule has 0 amide bonds. The van der Waals surface area contributed by atoms with Crippen LogP contribution in [0.4, 0.5) is 0 Å². The van der Waals surface area contributed by atoms with Crippen LogP contribution in [0.2, 0.25) is 0 Å². The van der Waals surface area contributed by atoms with E-state index in [0.29, 0.717) is 6.04 Å². The van der Waals surface area contributed by atoms with Crippen LogP contribution >= 0.6 is 11.8 Å². The van der Waals surface area contributed by atoms with Gasteiger partial charge >= 0.3 is 0 Å². The average Bonchev–Trinajstić information content (AvgIpc) is 2.34. The lowest BCUT2D eigenvalue weighted by atomic mass is 10.3. The Morgan fingerprint density at radius 1 is 1.73 bits per heavy atom. The van der Waals surface area contributed by atoms with Crippen molar-refractivity contribution < 1.29 is 0 Å². The van der Waals surface area contributed by atoms with Gasteiger partial charge in [-0.15, -0.1) is 0 Å². The zero-order valence-corrected chi connectivity index (χ0v) is 8.24. The van der Waals surface area contributed by atoms with Gasteiger partial charge in [0.15, 0.2) is 5.17 Å². The van der Waals surface area contributed by atoms with Crippen LogP contribution in [0.15, 0.2) is 4.99 Å². The first-order chi connectivity index (χ1) is 5.22. The number of nitrogens with one attached hydrogen (secondary N) is 1. The summed E-state index contributed by atoms with van der Waals surface area (Å²) < 4.78 is 0. The molecule has 1 heterocycles. The summed E-state index contributed by atoms with van der Waals surface area (Å²) in [7, 11) is 0. The highest BCUT2D eigenvalue weighted by molar-refractivity contribution is 8.14. The molecule has 3 heteroatoms. The molecule has 0 spiro atoms. The Balaban J connectivity index is 2.28. The van der Waals surface area contributed by atoms with Gasteiger partial charge in [0.2, 0.25) is 0 Å². The summed E-state index contributed by atoms with van der Waals surface area (Å²) in [4.78, 5) is 4.40. The highest BCUT2D eigenvalue weighted by atomic mass is 32.2. The van der Waals surface area contributed by atoms with Crippen LogP contribution in [0.3, 0.4) is 0 Å². The van der Waals surface area contributed by atoms with Crippen molar-refractivity contribution in [3.05, 3.63) is 0 Å². The van der Waals surface area contributed by atoms with E-state index in [2.05, 4.69) is 31.1 Å². The first-order valence-corrected chi connectivity index (χ1v) is 5.08. The van der Waals surface area contributed by atoms with E-state index in [1.54, 1.807) is 0 Å². The number of thioether (sulfide) groups is 1. The molecule has 2 nitrogen and oxygen atoms in total. The third-order valence-electron chi connectivity index (χ3n) is 1.58. The van der Waals surface area contributed by atoms with Crippen LogP contribution in [0, 0.1) is 0 Å². The summed E-state index contributed by atoms with van der Waals surface area (Å²) in [5.74, 6) is 0. The third kappa shape index (κ3) is 2.73. The smallest absolute Gasteiger partial charge is 0.157 e. The highest BCUT2D eigenvalue weighted by Gasteiger charge is 2.17. The van der Waals surface area contributed by atoms with Gasteiger partial charge in [-0.1, -0.05) is 18.7 Å². The molecule has 0 aromatic rings. The van der Waals surface area contributed by atoms with E-state index < -0.39 is 0 Å². The van der Waals surface area contributed by atoms with E-state index in [-0.39, 0.29) is 0 Å². The Hall–Kier alpha value is -0.180. The van der Waals surface area contributed by atoms with Gasteiger partial charge in [0.05, 0.1) is 6.54 Å². The molecule has 0 fully saturated rings. The van der Waals surface area contributed by atoms with Crippen LogP contribution in [0.25, 0.3) is 0 Å². The van der Waals surface area contributed by atoms with E-state index in [1.165, 1.54) is 6.42 Å². The maximum absolute atomic E-state index is 4.40.